The first-order chi connectivity index (χ1) is 15.4. The molecule has 0 spiro atoms. The highest BCUT2D eigenvalue weighted by Crippen LogP contribution is 2.44. The summed E-state index contributed by atoms with van der Waals surface area (Å²) in [5.41, 5.74) is 0.101. The van der Waals surface area contributed by atoms with Gasteiger partial charge in [0.25, 0.3) is 0 Å². The number of rotatable bonds is 8. The zero-order chi connectivity index (χ0) is 22.9. The smallest absolute Gasteiger partial charge is 0.241 e. The van der Waals surface area contributed by atoms with Crippen LogP contribution in [-0.4, -0.2) is 59.4 Å². The fourth-order valence-electron chi connectivity index (χ4n) is 4.38. The van der Waals surface area contributed by atoms with Crippen molar-refractivity contribution in [2.45, 2.75) is 43.2 Å². The first kappa shape index (κ1) is 22.0. The van der Waals surface area contributed by atoms with Gasteiger partial charge in [0.15, 0.2) is 0 Å². The molecule has 0 bridgehead atoms. The van der Waals surface area contributed by atoms with E-state index in [-0.39, 0.29) is 43.1 Å². The maximum Gasteiger partial charge on any atom is 0.241 e. The normalized spacial score (nSPS) is 21.5. The largest absolute Gasteiger partial charge is 0.497 e. The maximum atomic E-state index is 13.5. The number of likely N-dealkylation sites (N-methyl/N-ethyl adjacent to an activating group) is 1. The van der Waals surface area contributed by atoms with Crippen LogP contribution < -0.4 is 4.74 Å². The second-order valence-electron chi connectivity index (χ2n) is 8.66. The highest BCUT2D eigenvalue weighted by atomic mass is 16.5. The van der Waals surface area contributed by atoms with Crippen LogP contribution in [0.5, 0.6) is 5.75 Å². The molecule has 2 atom stereocenters. The molecule has 32 heavy (non-hydrogen) atoms. The average Bonchev–Trinajstić information content (AvgIpc) is 3.60. The van der Waals surface area contributed by atoms with Crippen LogP contribution >= 0.6 is 0 Å². The molecule has 168 valence electrons. The number of benzene rings is 2. The Morgan fingerprint density at radius 2 is 1.81 bits per heavy atom. The molecule has 2 aromatic rings. The van der Waals surface area contributed by atoms with Gasteiger partial charge in [0, 0.05) is 25.9 Å². The molecule has 3 amide bonds. The zero-order valence-corrected chi connectivity index (χ0v) is 18.4. The summed E-state index contributed by atoms with van der Waals surface area (Å²) in [5.74, 6) is -0.197. The summed E-state index contributed by atoms with van der Waals surface area (Å²) in [6, 6.07) is 16.1. The Kier molecular flexibility index (Phi) is 6.02. The van der Waals surface area contributed by atoms with Gasteiger partial charge in [-0.25, -0.2) is 0 Å². The Morgan fingerprint density at radius 1 is 1.16 bits per heavy atom. The lowest BCUT2D eigenvalue weighted by atomic mass is 9.75. The van der Waals surface area contributed by atoms with E-state index in [2.05, 4.69) is 0 Å². The van der Waals surface area contributed by atoms with Crippen molar-refractivity contribution in [1.82, 2.24) is 9.80 Å². The molecule has 2 aromatic carbocycles. The summed E-state index contributed by atoms with van der Waals surface area (Å²) in [6.07, 6.45) is 0.618. The van der Waals surface area contributed by atoms with Gasteiger partial charge in [-0.15, -0.1) is 0 Å². The van der Waals surface area contributed by atoms with Gasteiger partial charge >= 0.3 is 0 Å². The molecular weight excluding hydrogens is 408 g/mol. The minimum absolute atomic E-state index is 0.0323. The fourth-order valence-corrected chi connectivity index (χ4v) is 4.38. The molecule has 2 aliphatic rings. The summed E-state index contributed by atoms with van der Waals surface area (Å²) in [5, 5.41) is 10.5. The van der Waals surface area contributed by atoms with Crippen molar-refractivity contribution in [3.8, 4) is 5.75 Å². The molecule has 0 aromatic heterocycles. The highest BCUT2D eigenvalue weighted by Gasteiger charge is 2.57. The Labute approximate surface area is 187 Å². The molecule has 1 saturated heterocycles. The van der Waals surface area contributed by atoms with Gasteiger partial charge in [-0.1, -0.05) is 42.5 Å². The predicted octanol–water partition coefficient (Wildman–Crippen LogP) is 2.44. The van der Waals surface area contributed by atoms with Crippen molar-refractivity contribution in [2.24, 2.45) is 0 Å². The number of aliphatic hydroxyl groups excluding tert-OH is 1. The number of nitrogens with zero attached hydrogens (tertiary/aromatic N) is 2. The Hall–Kier alpha value is -3.19. The number of imide groups is 1. The molecule has 1 aliphatic heterocycles. The minimum Gasteiger partial charge on any atom is -0.497 e. The van der Waals surface area contributed by atoms with Crippen molar-refractivity contribution in [3.05, 3.63) is 65.7 Å². The number of methoxy groups -OCH3 is 1. The van der Waals surface area contributed by atoms with Crippen LogP contribution in [0.3, 0.4) is 0 Å². The first-order valence-corrected chi connectivity index (χ1v) is 10.8. The molecular formula is C25H28N2O5. The van der Waals surface area contributed by atoms with Gasteiger partial charge < -0.3 is 14.7 Å². The summed E-state index contributed by atoms with van der Waals surface area (Å²) < 4.78 is 5.22. The van der Waals surface area contributed by atoms with Crippen LogP contribution in [0.1, 0.15) is 42.9 Å². The maximum absolute atomic E-state index is 13.5. The SMILES string of the molecule is COc1ccc(C2(CC(=O)N(C)CC(O)c3ccccc3)CC(=O)N(C3CC3)C2=O)cc1. The van der Waals surface area contributed by atoms with Crippen molar-refractivity contribution in [1.29, 1.82) is 0 Å². The number of aliphatic hydroxyl groups is 1. The topological polar surface area (TPSA) is 87.2 Å². The molecule has 7 nitrogen and oxygen atoms in total. The van der Waals surface area contributed by atoms with E-state index >= 15 is 0 Å². The first-order valence-electron chi connectivity index (χ1n) is 10.8. The number of ether oxygens (including phenoxy) is 1. The monoisotopic (exact) mass is 436 g/mol. The molecule has 7 heteroatoms. The molecule has 2 fully saturated rings. The second-order valence-corrected chi connectivity index (χ2v) is 8.66. The van der Waals surface area contributed by atoms with Crippen molar-refractivity contribution >= 4 is 17.7 Å². The molecule has 2 unspecified atom stereocenters. The average molecular weight is 437 g/mol. The summed E-state index contributed by atoms with van der Waals surface area (Å²) in [6.45, 7) is 0.0933. The van der Waals surface area contributed by atoms with E-state index in [9.17, 15) is 19.5 Å². The van der Waals surface area contributed by atoms with Crippen LogP contribution in [0.25, 0.3) is 0 Å². The Morgan fingerprint density at radius 3 is 2.41 bits per heavy atom. The fraction of sp³-hybridized carbons (Fsp3) is 0.400. The second kappa shape index (κ2) is 8.74. The van der Waals surface area contributed by atoms with E-state index in [1.807, 2.05) is 18.2 Å². The van der Waals surface area contributed by atoms with Crippen molar-refractivity contribution in [3.63, 3.8) is 0 Å². The number of likely N-dealkylation sites (tertiary alicyclic amines) is 1. The van der Waals surface area contributed by atoms with Crippen molar-refractivity contribution in [2.75, 3.05) is 20.7 Å². The van der Waals surface area contributed by atoms with E-state index in [0.717, 1.165) is 12.8 Å². The van der Waals surface area contributed by atoms with Crippen LogP contribution in [0.4, 0.5) is 0 Å². The molecule has 1 saturated carbocycles. The van der Waals surface area contributed by atoms with Crippen LogP contribution in [0.2, 0.25) is 0 Å². The lowest BCUT2D eigenvalue weighted by Gasteiger charge is -2.30. The van der Waals surface area contributed by atoms with E-state index in [1.54, 1.807) is 50.6 Å². The van der Waals surface area contributed by atoms with E-state index in [1.165, 1.54) is 9.80 Å². The van der Waals surface area contributed by atoms with E-state index < -0.39 is 11.5 Å². The molecule has 1 heterocycles. The van der Waals surface area contributed by atoms with Crippen LogP contribution in [0, 0.1) is 0 Å². The van der Waals surface area contributed by atoms with Gasteiger partial charge in [-0.2, -0.15) is 0 Å². The predicted molar refractivity (Wildman–Crippen MR) is 118 cm³/mol. The minimum atomic E-state index is -1.24. The van der Waals surface area contributed by atoms with E-state index in [0.29, 0.717) is 16.9 Å². The van der Waals surface area contributed by atoms with Gasteiger partial charge in [0.1, 0.15) is 5.75 Å². The number of carbonyl (C=O) groups is 3. The quantitative estimate of drug-likeness (QED) is 0.643. The summed E-state index contributed by atoms with van der Waals surface area (Å²) in [4.78, 5) is 42.3. The summed E-state index contributed by atoms with van der Waals surface area (Å²) in [7, 11) is 3.16. The van der Waals surface area contributed by atoms with Gasteiger partial charge in [-0.05, 0) is 36.1 Å². The third-order valence-corrected chi connectivity index (χ3v) is 6.41. The molecule has 1 N–H and O–H groups in total. The Balaban J connectivity index is 1.58. The third-order valence-electron chi connectivity index (χ3n) is 6.41. The Bertz CT molecular complexity index is 1000. The number of hydrogen-bond donors (Lipinski definition) is 1. The number of carbonyl (C=O) groups excluding carboxylic acids is 3. The number of amides is 3. The molecule has 0 radical (unpaired) electrons. The standard InChI is InChI=1S/C25H28N2O5/c1-26(16-21(28)17-6-4-3-5-7-17)22(29)14-25(18-8-12-20(32-2)13-9-18)15-23(30)27(24(25)31)19-10-11-19/h3-9,12-13,19,21,28H,10-11,14-16H2,1-2H3. The lowest BCUT2D eigenvalue weighted by Crippen LogP contribution is -2.44. The molecule has 4 rings (SSSR count). The van der Waals surface area contributed by atoms with E-state index in [4.69, 9.17) is 4.74 Å². The van der Waals surface area contributed by atoms with Crippen LogP contribution in [0.15, 0.2) is 54.6 Å². The summed E-state index contributed by atoms with van der Waals surface area (Å²) >= 11 is 0. The van der Waals surface area contributed by atoms with Gasteiger partial charge in [-0.3, -0.25) is 19.3 Å². The zero-order valence-electron chi connectivity index (χ0n) is 18.4. The third kappa shape index (κ3) is 4.12. The van der Waals surface area contributed by atoms with Gasteiger partial charge in [0.05, 0.1) is 25.2 Å². The van der Waals surface area contributed by atoms with Crippen LogP contribution in [-0.2, 0) is 19.8 Å². The lowest BCUT2D eigenvalue weighted by molar-refractivity contribution is -0.143. The molecule has 1 aliphatic carbocycles. The van der Waals surface area contributed by atoms with Gasteiger partial charge in [0.2, 0.25) is 17.7 Å². The highest BCUT2D eigenvalue weighted by molar-refractivity contribution is 6.11. The number of hydrogen-bond acceptors (Lipinski definition) is 5. The van der Waals surface area contributed by atoms with Crippen molar-refractivity contribution < 1.29 is 24.2 Å².